The van der Waals surface area contributed by atoms with Crippen molar-refractivity contribution in [2.45, 2.75) is 24.6 Å². The van der Waals surface area contributed by atoms with Crippen molar-refractivity contribution >= 4 is 45.8 Å². The van der Waals surface area contributed by atoms with E-state index in [9.17, 15) is 4.79 Å². The second-order valence-corrected chi connectivity index (χ2v) is 9.35. The van der Waals surface area contributed by atoms with Gasteiger partial charge in [-0.1, -0.05) is 54.1 Å². The SMILES string of the molecule is O=C(NCC1CCN(c2nc(Cc3ccc(Cl)cc3)ns2)CC1)C(Cl)c1ccccc1. The fraction of sp³-hybridized carbons (Fsp3) is 0.348. The number of carbonyl (C=O) groups is 1. The van der Waals surface area contributed by atoms with Gasteiger partial charge in [-0.15, -0.1) is 11.6 Å². The highest BCUT2D eigenvalue weighted by Gasteiger charge is 2.24. The van der Waals surface area contributed by atoms with Gasteiger partial charge in [0.05, 0.1) is 0 Å². The molecule has 2 aromatic carbocycles. The van der Waals surface area contributed by atoms with Crippen LogP contribution in [0.3, 0.4) is 0 Å². The molecule has 0 bridgehead atoms. The van der Waals surface area contributed by atoms with E-state index in [-0.39, 0.29) is 5.91 Å². The minimum absolute atomic E-state index is 0.133. The summed E-state index contributed by atoms with van der Waals surface area (Å²) in [5, 5.41) is 4.07. The lowest BCUT2D eigenvalue weighted by Gasteiger charge is -2.31. The van der Waals surface area contributed by atoms with Crippen LogP contribution in [0.5, 0.6) is 0 Å². The number of hydrogen-bond donors (Lipinski definition) is 1. The fourth-order valence-corrected chi connectivity index (χ4v) is 4.75. The molecule has 0 saturated carbocycles. The van der Waals surface area contributed by atoms with Crippen molar-refractivity contribution in [1.29, 1.82) is 0 Å². The van der Waals surface area contributed by atoms with Crippen LogP contribution in [0.25, 0.3) is 0 Å². The molecule has 1 aliphatic heterocycles. The predicted molar refractivity (Wildman–Crippen MR) is 127 cm³/mol. The molecule has 0 radical (unpaired) electrons. The molecule has 2 heterocycles. The Balaban J connectivity index is 1.23. The molecule has 0 aliphatic carbocycles. The van der Waals surface area contributed by atoms with Crippen molar-refractivity contribution in [2.75, 3.05) is 24.5 Å². The molecule has 1 N–H and O–H groups in total. The van der Waals surface area contributed by atoms with Gasteiger partial charge in [0, 0.05) is 42.6 Å². The number of carbonyl (C=O) groups excluding carboxylic acids is 1. The molecule has 1 unspecified atom stereocenters. The Kier molecular flexibility index (Phi) is 7.43. The zero-order chi connectivity index (χ0) is 21.6. The average Bonchev–Trinajstić information content (AvgIpc) is 3.28. The van der Waals surface area contributed by atoms with Gasteiger partial charge in [-0.25, -0.2) is 4.98 Å². The molecule has 162 valence electrons. The van der Waals surface area contributed by atoms with Crippen LogP contribution in [0.1, 0.15) is 35.2 Å². The van der Waals surface area contributed by atoms with Crippen LogP contribution in [0.4, 0.5) is 5.13 Å². The molecule has 8 heteroatoms. The van der Waals surface area contributed by atoms with Gasteiger partial charge >= 0.3 is 0 Å². The molecule has 4 rings (SSSR count). The molecule has 1 aromatic heterocycles. The standard InChI is InChI=1S/C23H24Cl2N4OS/c24-19-8-6-16(7-9-19)14-20-27-23(31-28-20)29-12-10-17(11-13-29)15-26-22(30)21(25)18-4-2-1-3-5-18/h1-9,17,21H,10-15H2,(H,26,30). The minimum Gasteiger partial charge on any atom is -0.354 e. The molecular weight excluding hydrogens is 451 g/mol. The van der Waals surface area contributed by atoms with E-state index >= 15 is 0 Å². The van der Waals surface area contributed by atoms with E-state index in [1.165, 1.54) is 11.5 Å². The summed E-state index contributed by atoms with van der Waals surface area (Å²) in [6, 6.07) is 17.2. The maximum absolute atomic E-state index is 12.4. The first-order valence-electron chi connectivity index (χ1n) is 10.4. The van der Waals surface area contributed by atoms with Gasteiger partial charge < -0.3 is 10.2 Å². The van der Waals surface area contributed by atoms with Gasteiger partial charge in [-0.05, 0) is 42.0 Å². The molecule has 1 saturated heterocycles. The second kappa shape index (κ2) is 10.4. The van der Waals surface area contributed by atoms with Crippen molar-refractivity contribution in [2.24, 2.45) is 5.92 Å². The molecule has 1 amide bonds. The summed E-state index contributed by atoms with van der Waals surface area (Å²) >= 11 is 13.7. The topological polar surface area (TPSA) is 58.1 Å². The summed E-state index contributed by atoms with van der Waals surface area (Å²) < 4.78 is 4.52. The first kappa shape index (κ1) is 22.1. The summed E-state index contributed by atoms with van der Waals surface area (Å²) in [5.41, 5.74) is 1.97. The Bertz CT molecular complexity index is 988. The number of hydrogen-bond acceptors (Lipinski definition) is 5. The van der Waals surface area contributed by atoms with Crippen LogP contribution < -0.4 is 10.2 Å². The second-order valence-electron chi connectivity index (χ2n) is 7.75. The first-order valence-corrected chi connectivity index (χ1v) is 12.0. The molecule has 5 nitrogen and oxygen atoms in total. The van der Waals surface area contributed by atoms with E-state index in [0.29, 0.717) is 18.9 Å². The highest BCUT2D eigenvalue weighted by molar-refractivity contribution is 7.09. The van der Waals surface area contributed by atoms with Gasteiger partial charge in [0.25, 0.3) is 0 Å². The minimum atomic E-state index is -0.651. The number of rotatable bonds is 7. The number of anilines is 1. The van der Waals surface area contributed by atoms with Gasteiger partial charge in [-0.3, -0.25) is 4.79 Å². The number of piperidine rings is 1. The predicted octanol–water partition coefficient (Wildman–Crippen LogP) is 5.10. The molecule has 31 heavy (non-hydrogen) atoms. The highest BCUT2D eigenvalue weighted by atomic mass is 35.5. The van der Waals surface area contributed by atoms with Crippen molar-refractivity contribution in [3.8, 4) is 0 Å². The fourth-order valence-electron chi connectivity index (χ4n) is 3.67. The average molecular weight is 475 g/mol. The van der Waals surface area contributed by atoms with Crippen LogP contribution in [0, 0.1) is 5.92 Å². The molecule has 3 aromatic rings. The largest absolute Gasteiger partial charge is 0.354 e. The van der Waals surface area contributed by atoms with Gasteiger partial charge in [0.1, 0.15) is 11.2 Å². The number of amides is 1. The molecule has 1 atom stereocenters. The van der Waals surface area contributed by atoms with E-state index in [1.807, 2.05) is 54.6 Å². The van der Waals surface area contributed by atoms with Gasteiger partial charge in [-0.2, -0.15) is 4.37 Å². The zero-order valence-electron chi connectivity index (χ0n) is 17.0. The van der Waals surface area contributed by atoms with Crippen LogP contribution in [-0.4, -0.2) is 34.9 Å². The number of nitrogens with zero attached hydrogens (tertiary/aromatic N) is 3. The molecular formula is C23H24Cl2N4OS. The van der Waals surface area contributed by atoms with Crippen molar-refractivity contribution in [3.63, 3.8) is 0 Å². The maximum Gasteiger partial charge on any atom is 0.242 e. The van der Waals surface area contributed by atoms with E-state index < -0.39 is 5.38 Å². The summed E-state index contributed by atoms with van der Waals surface area (Å²) in [4.78, 5) is 19.4. The van der Waals surface area contributed by atoms with Crippen LogP contribution >= 0.6 is 34.7 Å². The lowest BCUT2D eigenvalue weighted by molar-refractivity contribution is -0.121. The van der Waals surface area contributed by atoms with Crippen LogP contribution in [0.2, 0.25) is 5.02 Å². The summed E-state index contributed by atoms with van der Waals surface area (Å²) in [6.07, 6.45) is 2.71. The lowest BCUT2D eigenvalue weighted by Crippen LogP contribution is -2.39. The number of halogens is 2. The third-order valence-electron chi connectivity index (χ3n) is 5.51. The molecule has 1 aliphatic rings. The van der Waals surface area contributed by atoms with Crippen molar-refractivity contribution < 1.29 is 4.79 Å². The Morgan fingerprint density at radius 1 is 1.13 bits per heavy atom. The van der Waals surface area contributed by atoms with Gasteiger partial charge in [0.15, 0.2) is 0 Å². The quantitative estimate of drug-likeness (QED) is 0.484. The number of aromatic nitrogens is 2. The normalized spacial score (nSPS) is 15.6. The van der Waals surface area contributed by atoms with Crippen LogP contribution in [0.15, 0.2) is 54.6 Å². The monoisotopic (exact) mass is 474 g/mol. The summed E-state index contributed by atoms with van der Waals surface area (Å²) in [5.74, 6) is 1.15. The lowest BCUT2D eigenvalue weighted by atomic mass is 9.97. The third kappa shape index (κ3) is 5.97. The number of nitrogens with one attached hydrogen (secondary N) is 1. The van der Waals surface area contributed by atoms with Crippen LogP contribution in [-0.2, 0) is 11.2 Å². The Labute approximate surface area is 196 Å². The maximum atomic E-state index is 12.4. The highest BCUT2D eigenvalue weighted by Crippen LogP contribution is 2.26. The molecule has 0 spiro atoms. The summed E-state index contributed by atoms with van der Waals surface area (Å²) in [7, 11) is 0. The van der Waals surface area contributed by atoms with E-state index in [1.54, 1.807) is 0 Å². The van der Waals surface area contributed by atoms with E-state index in [4.69, 9.17) is 28.2 Å². The number of benzene rings is 2. The Hall–Kier alpha value is -2.15. The molecule has 1 fully saturated rings. The van der Waals surface area contributed by atoms with Crippen molar-refractivity contribution in [1.82, 2.24) is 14.7 Å². The first-order chi connectivity index (χ1) is 15.1. The number of alkyl halides is 1. The van der Waals surface area contributed by atoms with E-state index in [0.717, 1.165) is 53.0 Å². The summed E-state index contributed by atoms with van der Waals surface area (Å²) in [6.45, 7) is 2.48. The van der Waals surface area contributed by atoms with Gasteiger partial charge in [0.2, 0.25) is 11.0 Å². The Morgan fingerprint density at radius 3 is 2.55 bits per heavy atom. The third-order valence-corrected chi connectivity index (χ3v) is 7.02. The van der Waals surface area contributed by atoms with E-state index in [2.05, 4.69) is 14.6 Å². The Morgan fingerprint density at radius 2 is 1.84 bits per heavy atom. The zero-order valence-corrected chi connectivity index (χ0v) is 19.3. The van der Waals surface area contributed by atoms with Crippen molar-refractivity contribution in [3.05, 3.63) is 76.6 Å². The smallest absolute Gasteiger partial charge is 0.242 e.